The van der Waals surface area contributed by atoms with Gasteiger partial charge in [0.15, 0.2) is 0 Å². The molecule has 2 aromatic rings. The lowest BCUT2D eigenvalue weighted by molar-refractivity contribution is -0.121. The first-order valence-corrected chi connectivity index (χ1v) is 11.6. The molecule has 0 unspecified atom stereocenters. The second-order valence-corrected chi connectivity index (χ2v) is 9.54. The van der Waals surface area contributed by atoms with Crippen molar-refractivity contribution < 1.29 is 18.0 Å². The van der Waals surface area contributed by atoms with Crippen molar-refractivity contribution in [2.75, 3.05) is 19.6 Å². The van der Waals surface area contributed by atoms with Crippen molar-refractivity contribution in [1.82, 2.24) is 14.5 Å². The molecule has 1 saturated heterocycles. The number of hydrogen-bond acceptors (Lipinski definition) is 5. The molecule has 0 spiro atoms. The highest BCUT2D eigenvalue weighted by atomic mass is 32.2. The van der Waals surface area contributed by atoms with Gasteiger partial charge in [-0.15, -0.1) is 0 Å². The number of likely N-dealkylation sites (tertiary alicyclic amines) is 1. The largest absolute Gasteiger partial charge is 0.352 e. The van der Waals surface area contributed by atoms with Crippen LogP contribution in [0.1, 0.15) is 40.7 Å². The summed E-state index contributed by atoms with van der Waals surface area (Å²) in [5.41, 5.74) is 2.38. The Morgan fingerprint density at radius 1 is 1.00 bits per heavy atom. The summed E-state index contributed by atoms with van der Waals surface area (Å²) in [5.74, 6) is -0.869. The normalized spacial score (nSPS) is 17.9. The van der Waals surface area contributed by atoms with Crippen molar-refractivity contribution in [2.45, 2.75) is 37.2 Å². The molecular weight excluding hydrogens is 402 g/mol. The minimum atomic E-state index is -3.88. The van der Waals surface area contributed by atoms with Gasteiger partial charge >= 0.3 is 0 Å². The van der Waals surface area contributed by atoms with Gasteiger partial charge in [0.25, 0.3) is 15.9 Å². The molecule has 2 heterocycles. The summed E-state index contributed by atoms with van der Waals surface area (Å²) < 4.78 is 25.9. The topological polar surface area (TPSA) is 86.8 Å². The number of fused-ring (bicyclic) bond motifs is 1. The molecule has 2 amide bonds. The Bertz CT molecular complexity index is 1060. The molecule has 0 radical (unpaired) electrons. The number of carbonyl (C=O) groups excluding carboxylic acids is 2. The van der Waals surface area contributed by atoms with Crippen LogP contribution in [-0.4, -0.2) is 49.1 Å². The quantitative estimate of drug-likeness (QED) is 0.732. The summed E-state index contributed by atoms with van der Waals surface area (Å²) >= 11 is 0. The van der Waals surface area contributed by atoms with Crippen molar-refractivity contribution in [3.63, 3.8) is 0 Å². The lowest BCUT2D eigenvalue weighted by Gasteiger charge is -2.16. The summed E-state index contributed by atoms with van der Waals surface area (Å²) in [6, 6.07) is 14.2. The Morgan fingerprint density at radius 2 is 1.73 bits per heavy atom. The second-order valence-electron chi connectivity index (χ2n) is 7.71. The maximum Gasteiger partial charge on any atom is 0.269 e. The van der Waals surface area contributed by atoms with E-state index in [1.54, 1.807) is 12.1 Å². The van der Waals surface area contributed by atoms with Crippen molar-refractivity contribution >= 4 is 21.8 Å². The smallest absolute Gasteiger partial charge is 0.269 e. The summed E-state index contributed by atoms with van der Waals surface area (Å²) in [6.07, 6.45) is 2.42. The van der Waals surface area contributed by atoms with Gasteiger partial charge in [0, 0.05) is 26.1 Å². The molecule has 0 aromatic heterocycles. The van der Waals surface area contributed by atoms with Gasteiger partial charge in [0.05, 0.1) is 5.56 Å². The van der Waals surface area contributed by atoms with Gasteiger partial charge in [-0.25, -0.2) is 12.7 Å². The van der Waals surface area contributed by atoms with Crippen LogP contribution in [0.4, 0.5) is 0 Å². The molecule has 158 valence electrons. The minimum absolute atomic E-state index is 0.00484. The van der Waals surface area contributed by atoms with E-state index < -0.39 is 15.9 Å². The number of carbonyl (C=O) groups is 2. The van der Waals surface area contributed by atoms with Crippen molar-refractivity contribution in [1.29, 1.82) is 0 Å². The van der Waals surface area contributed by atoms with E-state index >= 15 is 0 Å². The highest BCUT2D eigenvalue weighted by Gasteiger charge is 2.40. The Morgan fingerprint density at radius 3 is 2.50 bits per heavy atom. The Hall–Kier alpha value is -2.71. The molecule has 0 bridgehead atoms. The molecule has 0 saturated carbocycles. The molecule has 2 aliphatic heterocycles. The maximum absolute atomic E-state index is 12.5. The lowest BCUT2D eigenvalue weighted by atomic mass is 10.1. The molecular formula is C22H25N3O4S. The van der Waals surface area contributed by atoms with E-state index in [-0.39, 0.29) is 29.3 Å². The van der Waals surface area contributed by atoms with Crippen LogP contribution >= 0.6 is 0 Å². The number of benzene rings is 2. The van der Waals surface area contributed by atoms with Gasteiger partial charge in [-0.05, 0) is 49.2 Å². The molecule has 7 nitrogen and oxygen atoms in total. The summed E-state index contributed by atoms with van der Waals surface area (Å²) in [5, 5.41) is 2.82. The average Bonchev–Trinajstić information content (AvgIpc) is 3.31. The number of rotatable bonds is 7. The van der Waals surface area contributed by atoms with Gasteiger partial charge in [-0.3, -0.25) is 14.5 Å². The van der Waals surface area contributed by atoms with Gasteiger partial charge in [0.2, 0.25) is 5.91 Å². The number of nitrogens with one attached hydrogen (secondary N) is 1. The fourth-order valence-electron chi connectivity index (χ4n) is 3.98. The first-order valence-electron chi connectivity index (χ1n) is 10.2. The van der Waals surface area contributed by atoms with Crippen LogP contribution in [-0.2, 0) is 27.9 Å². The Balaban J connectivity index is 1.30. The van der Waals surface area contributed by atoms with Crippen LogP contribution in [0.25, 0.3) is 0 Å². The van der Waals surface area contributed by atoms with E-state index in [0.717, 1.165) is 29.5 Å². The predicted molar refractivity (Wildman–Crippen MR) is 112 cm³/mol. The van der Waals surface area contributed by atoms with Crippen molar-refractivity contribution in [3.05, 3.63) is 65.2 Å². The van der Waals surface area contributed by atoms with E-state index in [4.69, 9.17) is 0 Å². The molecule has 4 rings (SSSR count). The molecule has 1 fully saturated rings. The van der Waals surface area contributed by atoms with Crippen LogP contribution in [0, 0.1) is 0 Å². The zero-order chi connectivity index (χ0) is 21.1. The van der Waals surface area contributed by atoms with Crippen LogP contribution < -0.4 is 5.32 Å². The predicted octanol–water partition coefficient (Wildman–Crippen LogP) is 2.13. The zero-order valence-electron chi connectivity index (χ0n) is 16.7. The Kier molecular flexibility index (Phi) is 5.87. The molecule has 1 N–H and O–H groups in total. The van der Waals surface area contributed by atoms with Crippen LogP contribution in [0.2, 0.25) is 0 Å². The molecule has 2 aromatic carbocycles. The first-order chi connectivity index (χ1) is 14.4. The highest BCUT2D eigenvalue weighted by Crippen LogP contribution is 2.29. The number of nitrogens with zero attached hydrogens (tertiary/aromatic N) is 2. The average molecular weight is 428 g/mol. The fourth-order valence-corrected chi connectivity index (χ4v) is 5.55. The number of sulfonamides is 1. The molecule has 2 aliphatic rings. The van der Waals surface area contributed by atoms with Gasteiger partial charge < -0.3 is 5.32 Å². The molecule has 0 aliphatic carbocycles. The van der Waals surface area contributed by atoms with Crippen LogP contribution in [0.5, 0.6) is 0 Å². The number of hydrogen-bond donors (Lipinski definition) is 1. The van der Waals surface area contributed by atoms with Crippen LogP contribution in [0.15, 0.2) is 53.4 Å². The SMILES string of the molecule is O=C(CCN1C(=O)c2ccccc2S1(=O)=O)NCc1cccc(CN2CCCC2)c1. The third kappa shape index (κ3) is 4.24. The van der Waals surface area contributed by atoms with E-state index in [1.807, 2.05) is 12.1 Å². The van der Waals surface area contributed by atoms with E-state index in [9.17, 15) is 18.0 Å². The number of amides is 2. The van der Waals surface area contributed by atoms with Gasteiger partial charge in [0.1, 0.15) is 4.90 Å². The van der Waals surface area contributed by atoms with Crippen molar-refractivity contribution in [2.24, 2.45) is 0 Å². The van der Waals surface area contributed by atoms with E-state index in [1.165, 1.54) is 30.5 Å². The Labute approximate surface area is 176 Å². The third-order valence-electron chi connectivity index (χ3n) is 5.54. The second kappa shape index (κ2) is 8.57. The highest BCUT2D eigenvalue weighted by molar-refractivity contribution is 7.90. The summed E-state index contributed by atoms with van der Waals surface area (Å²) in [7, 11) is -3.88. The van der Waals surface area contributed by atoms with Crippen molar-refractivity contribution in [3.8, 4) is 0 Å². The van der Waals surface area contributed by atoms with Gasteiger partial charge in [-0.1, -0.05) is 36.4 Å². The summed E-state index contributed by atoms with van der Waals surface area (Å²) in [4.78, 5) is 27.1. The minimum Gasteiger partial charge on any atom is -0.352 e. The monoisotopic (exact) mass is 427 g/mol. The van der Waals surface area contributed by atoms with E-state index in [2.05, 4.69) is 22.3 Å². The van der Waals surface area contributed by atoms with Gasteiger partial charge in [-0.2, -0.15) is 0 Å². The maximum atomic E-state index is 12.5. The molecule has 8 heteroatoms. The fraction of sp³-hybridized carbons (Fsp3) is 0.364. The third-order valence-corrected chi connectivity index (χ3v) is 7.38. The molecule has 30 heavy (non-hydrogen) atoms. The van der Waals surface area contributed by atoms with E-state index in [0.29, 0.717) is 6.54 Å². The zero-order valence-corrected chi connectivity index (χ0v) is 17.5. The molecule has 0 atom stereocenters. The standard InChI is InChI=1S/C22H25N3O4S/c26-21(10-13-25-22(27)19-8-1-2-9-20(19)30(25,28)29)23-15-17-6-5-7-18(14-17)16-24-11-3-4-12-24/h1-2,5-9,14H,3-4,10-13,15-16H2,(H,23,26). The lowest BCUT2D eigenvalue weighted by Crippen LogP contribution is -2.34. The summed E-state index contributed by atoms with van der Waals surface area (Å²) in [6.45, 7) is 3.37. The first kappa shape index (κ1) is 20.6. The van der Waals surface area contributed by atoms with Crippen LogP contribution in [0.3, 0.4) is 0 Å².